The van der Waals surface area contributed by atoms with E-state index < -0.39 is 11.9 Å². The summed E-state index contributed by atoms with van der Waals surface area (Å²) in [7, 11) is 0. The molecule has 1 aromatic heterocycles. The molecule has 0 radical (unpaired) electrons. The SMILES string of the molecule is CCC(O)Cc1ncc(Cl)cc1F. The summed E-state index contributed by atoms with van der Waals surface area (Å²) in [6.45, 7) is 1.83. The summed E-state index contributed by atoms with van der Waals surface area (Å²) in [5, 5.41) is 9.54. The molecule has 72 valence electrons. The van der Waals surface area contributed by atoms with Crippen LogP contribution >= 0.6 is 11.6 Å². The molecule has 0 saturated heterocycles. The second-order valence-corrected chi connectivity index (χ2v) is 3.28. The van der Waals surface area contributed by atoms with Crippen LogP contribution in [0.3, 0.4) is 0 Å². The highest BCUT2D eigenvalue weighted by Crippen LogP contribution is 2.13. The minimum atomic E-state index is -0.539. The highest BCUT2D eigenvalue weighted by Gasteiger charge is 2.09. The Balaban J connectivity index is 2.77. The number of aliphatic hydroxyl groups excluding tert-OH is 1. The van der Waals surface area contributed by atoms with Gasteiger partial charge in [0.05, 0.1) is 16.8 Å². The van der Waals surface area contributed by atoms with Gasteiger partial charge in [-0.3, -0.25) is 4.98 Å². The van der Waals surface area contributed by atoms with Crippen LogP contribution in [-0.4, -0.2) is 16.2 Å². The summed E-state index contributed by atoms with van der Waals surface area (Å²) >= 11 is 5.52. The van der Waals surface area contributed by atoms with Gasteiger partial charge in [-0.25, -0.2) is 4.39 Å². The lowest BCUT2D eigenvalue weighted by atomic mass is 10.1. The zero-order valence-electron chi connectivity index (χ0n) is 7.30. The normalized spacial score (nSPS) is 12.9. The quantitative estimate of drug-likeness (QED) is 0.817. The molecule has 4 heteroatoms. The minimum absolute atomic E-state index is 0.236. The lowest BCUT2D eigenvalue weighted by molar-refractivity contribution is 0.168. The second-order valence-electron chi connectivity index (χ2n) is 2.85. The number of pyridine rings is 1. The number of nitrogens with zero attached hydrogens (tertiary/aromatic N) is 1. The molecular formula is C9H11ClFNO. The lowest BCUT2D eigenvalue weighted by Gasteiger charge is -2.07. The van der Waals surface area contributed by atoms with Crippen molar-refractivity contribution < 1.29 is 9.50 Å². The lowest BCUT2D eigenvalue weighted by Crippen LogP contribution is -2.11. The average molecular weight is 204 g/mol. The van der Waals surface area contributed by atoms with E-state index in [2.05, 4.69) is 4.98 Å². The van der Waals surface area contributed by atoms with Gasteiger partial charge in [0.25, 0.3) is 0 Å². The van der Waals surface area contributed by atoms with Gasteiger partial charge in [-0.05, 0) is 12.5 Å². The topological polar surface area (TPSA) is 33.1 Å². The Bertz CT molecular complexity index is 293. The Morgan fingerprint density at radius 3 is 2.92 bits per heavy atom. The zero-order chi connectivity index (χ0) is 9.84. The maximum absolute atomic E-state index is 13.1. The highest BCUT2D eigenvalue weighted by molar-refractivity contribution is 6.30. The van der Waals surface area contributed by atoms with Gasteiger partial charge in [-0.2, -0.15) is 0 Å². The van der Waals surface area contributed by atoms with E-state index in [9.17, 15) is 9.50 Å². The third-order valence-electron chi connectivity index (χ3n) is 1.78. The first-order chi connectivity index (χ1) is 6.13. The molecule has 1 rings (SSSR count). The molecular weight excluding hydrogens is 193 g/mol. The number of halogens is 2. The molecule has 1 aromatic rings. The first kappa shape index (κ1) is 10.4. The predicted molar refractivity (Wildman–Crippen MR) is 49.2 cm³/mol. The van der Waals surface area contributed by atoms with Gasteiger partial charge < -0.3 is 5.11 Å². The van der Waals surface area contributed by atoms with Crippen molar-refractivity contribution in [1.29, 1.82) is 0 Å². The molecule has 0 bridgehead atoms. The number of hydrogen-bond acceptors (Lipinski definition) is 2. The van der Waals surface area contributed by atoms with Crippen molar-refractivity contribution in [2.45, 2.75) is 25.9 Å². The molecule has 13 heavy (non-hydrogen) atoms. The highest BCUT2D eigenvalue weighted by atomic mass is 35.5. The van der Waals surface area contributed by atoms with Gasteiger partial charge in [0.1, 0.15) is 5.82 Å². The summed E-state index contributed by atoms with van der Waals surface area (Å²) in [4.78, 5) is 3.80. The fraction of sp³-hybridized carbons (Fsp3) is 0.444. The van der Waals surface area contributed by atoms with E-state index in [1.165, 1.54) is 12.3 Å². The first-order valence-electron chi connectivity index (χ1n) is 4.11. The molecule has 1 atom stereocenters. The van der Waals surface area contributed by atoms with Crippen LogP contribution in [0.15, 0.2) is 12.3 Å². The Morgan fingerprint density at radius 2 is 2.38 bits per heavy atom. The van der Waals surface area contributed by atoms with Crippen molar-refractivity contribution in [1.82, 2.24) is 4.98 Å². The van der Waals surface area contributed by atoms with Crippen LogP contribution in [0.5, 0.6) is 0 Å². The largest absolute Gasteiger partial charge is 0.393 e. The number of aliphatic hydroxyl groups is 1. The molecule has 1 N–H and O–H groups in total. The van der Waals surface area contributed by atoms with Crippen LogP contribution in [-0.2, 0) is 6.42 Å². The monoisotopic (exact) mass is 203 g/mol. The van der Waals surface area contributed by atoms with Gasteiger partial charge >= 0.3 is 0 Å². The van der Waals surface area contributed by atoms with E-state index in [-0.39, 0.29) is 17.1 Å². The standard InChI is InChI=1S/C9H11ClFNO/c1-2-7(13)4-9-8(11)3-6(10)5-12-9/h3,5,7,13H,2,4H2,1H3. The van der Waals surface area contributed by atoms with Crippen molar-refractivity contribution in [3.8, 4) is 0 Å². The number of aromatic nitrogens is 1. The molecule has 0 fully saturated rings. The van der Waals surface area contributed by atoms with E-state index in [1.807, 2.05) is 6.92 Å². The van der Waals surface area contributed by atoms with Crippen LogP contribution in [0.4, 0.5) is 4.39 Å². The van der Waals surface area contributed by atoms with Crippen molar-refractivity contribution in [3.63, 3.8) is 0 Å². The molecule has 0 aromatic carbocycles. The third-order valence-corrected chi connectivity index (χ3v) is 1.99. The minimum Gasteiger partial charge on any atom is -0.393 e. The number of hydrogen-bond donors (Lipinski definition) is 1. The third kappa shape index (κ3) is 2.94. The molecule has 0 saturated carbocycles. The summed E-state index contributed by atoms with van der Waals surface area (Å²) < 4.78 is 13.1. The van der Waals surface area contributed by atoms with Crippen LogP contribution in [0.2, 0.25) is 5.02 Å². The van der Waals surface area contributed by atoms with E-state index in [1.54, 1.807) is 0 Å². The van der Waals surface area contributed by atoms with E-state index >= 15 is 0 Å². The van der Waals surface area contributed by atoms with Gasteiger partial charge in [-0.1, -0.05) is 18.5 Å². The van der Waals surface area contributed by atoms with Gasteiger partial charge in [0.2, 0.25) is 0 Å². The maximum Gasteiger partial charge on any atom is 0.146 e. The molecule has 0 aliphatic carbocycles. The van der Waals surface area contributed by atoms with Crippen LogP contribution in [0, 0.1) is 5.82 Å². The first-order valence-corrected chi connectivity index (χ1v) is 4.49. The molecule has 0 amide bonds. The predicted octanol–water partition coefficient (Wildman–Crippen LogP) is 2.19. The summed E-state index contributed by atoms with van der Waals surface area (Å²) in [6, 6.07) is 1.20. The fourth-order valence-electron chi connectivity index (χ4n) is 0.961. The van der Waals surface area contributed by atoms with Crippen molar-refractivity contribution in [3.05, 3.63) is 28.8 Å². The van der Waals surface area contributed by atoms with Gasteiger partial charge in [0.15, 0.2) is 0 Å². The molecule has 1 unspecified atom stereocenters. The molecule has 0 spiro atoms. The van der Waals surface area contributed by atoms with Crippen LogP contribution in [0.1, 0.15) is 19.0 Å². The smallest absolute Gasteiger partial charge is 0.146 e. The molecule has 1 heterocycles. The van der Waals surface area contributed by atoms with Crippen molar-refractivity contribution in [2.75, 3.05) is 0 Å². The summed E-state index contributed by atoms with van der Waals surface area (Å²) in [6.07, 6.45) is 1.66. The Morgan fingerprint density at radius 1 is 1.69 bits per heavy atom. The molecule has 0 aliphatic rings. The zero-order valence-corrected chi connectivity index (χ0v) is 8.05. The summed E-state index contributed by atoms with van der Waals surface area (Å²) in [5.74, 6) is -0.458. The van der Waals surface area contributed by atoms with Crippen molar-refractivity contribution >= 4 is 11.6 Å². The van der Waals surface area contributed by atoms with Crippen LogP contribution < -0.4 is 0 Å². The Hall–Kier alpha value is -0.670. The van der Waals surface area contributed by atoms with Gasteiger partial charge in [0, 0.05) is 12.6 Å². The van der Waals surface area contributed by atoms with E-state index in [4.69, 9.17) is 11.6 Å². The molecule has 2 nitrogen and oxygen atoms in total. The van der Waals surface area contributed by atoms with Crippen molar-refractivity contribution in [2.24, 2.45) is 0 Å². The van der Waals surface area contributed by atoms with E-state index in [0.29, 0.717) is 6.42 Å². The number of rotatable bonds is 3. The Kier molecular flexibility index (Phi) is 3.63. The maximum atomic E-state index is 13.1. The Labute approximate surface area is 81.4 Å². The summed E-state index contributed by atoms with van der Waals surface area (Å²) in [5.41, 5.74) is 0.263. The fourth-order valence-corrected chi connectivity index (χ4v) is 1.11. The van der Waals surface area contributed by atoms with Crippen LogP contribution in [0.25, 0.3) is 0 Å². The van der Waals surface area contributed by atoms with E-state index in [0.717, 1.165) is 0 Å². The molecule has 0 aliphatic heterocycles. The van der Waals surface area contributed by atoms with Gasteiger partial charge in [-0.15, -0.1) is 0 Å². The second kappa shape index (κ2) is 4.53. The average Bonchev–Trinajstić information content (AvgIpc) is 2.09.